The number of rotatable bonds is 5. The molecule has 45 heavy (non-hydrogen) atoms. The Kier molecular flexibility index (Phi) is 7.89. The van der Waals surface area contributed by atoms with Gasteiger partial charge in [-0.15, -0.1) is 11.3 Å². The fourth-order valence-electron chi connectivity index (χ4n) is 6.03. The fourth-order valence-corrected chi connectivity index (χ4v) is 7.08. The number of thiophene rings is 1. The first-order valence-electron chi connectivity index (χ1n) is 14.7. The van der Waals surface area contributed by atoms with Gasteiger partial charge < -0.3 is 19.5 Å². The van der Waals surface area contributed by atoms with Crippen LogP contribution in [0.25, 0.3) is 32.1 Å². The predicted molar refractivity (Wildman–Crippen MR) is 168 cm³/mol. The molecule has 2 aliphatic heterocycles. The molecular weight excluding hydrogens is 602 g/mol. The lowest BCUT2D eigenvalue weighted by Crippen LogP contribution is -2.44. The van der Waals surface area contributed by atoms with Crippen molar-refractivity contribution in [2.24, 2.45) is 0 Å². The van der Waals surface area contributed by atoms with Gasteiger partial charge in [0, 0.05) is 51.9 Å². The molecule has 236 valence electrons. The van der Waals surface area contributed by atoms with Crippen molar-refractivity contribution in [2.45, 2.75) is 71.6 Å². The quantitative estimate of drug-likeness (QED) is 0.274. The van der Waals surface area contributed by atoms with Crippen LogP contribution >= 0.6 is 11.3 Å². The highest BCUT2D eigenvalue weighted by Crippen LogP contribution is 2.47. The van der Waals surface area contributed by atoms with Gasteiger partial charge in [0.15, 0.2) is 5.82 Å². The average molecular weight is 637 g/mol. The van der Waals surface area contributed by atoms with E-state index in [-0.39, 0.29) is 70.4 Å². The molecule has 10 nitrogen and oxygen atoms in total. The van der Waals surface area contributed by atoms with Crippen molar-refractivity contribution in [3.63, 3.8) is 0 Å². The van der Waals surface area contributed by atoms with Gasteiger partial charge in [0.2, 0.25) is 5.95 Å². The van der Waals surface area contributed by atoms with Crippen molar-refractivity contribution >= 4 is 49.4 Å². The van der Waals surface area contributed by atoms with Gasteiger partial charge >= 0.3 is 6.09 Å². The van der Waals surface area contributed by atoms with E-state index in [9.17, 15) is 15.2 Å². The van der Waals surface area contributed by atoms with Gasteiger partial charge in [-0.25, -0.2) is 23.5 Å². The Morgan fingerprint density at radius 2 is 1.98 bits per heavy atom. The zero-order valence-corrected chi connectivity index (χ0v) is 26.7. The number of anilines is 2. The number of hydrogen-bond acceptors (Lipinski definition) is 10. The Hall–Kier alpha value is -3.96. The van der Waals surface area contributed by atoms with Crippen molar-refractivity contribution in [3.8, 4) is 17.2 Å². The second kappa shape index (κ2) is 11.4. The molecule has 13 heteroatoms. The van der Waals surface area contributed by atoms with Gasteiger partial charge in [0.1, 0.15) is 28.0 Å². The van der Waals surface area contributed by atoms with Crippen LogP contribution in [-0.2, 0) is 22.7 Å². The highest BCUT2D eigenvalue weighted by Gasteiger charge is 2.37. The minimum Gasteiger partial charge on any atom is -0.444 e. The summed E-state index contributed by atoms with van der Waals surface area (Å²) in [6.07, 6.45) is 0.134. The number of amides is 1. The molecule has 0 saturated carbocycles. The minimum atomic E-state index is -0.779. The van der Waals surface area contributed by atoms with Gasteiger partial charge in [-0.3, -0.25) is 10.2 Å². The van der Waals surface area contributed by atoms with Gasteiger partial charge in [-0.05, 0) is 64.9 Å². The number of benzene rings is 2. The average Bonchev–Trinajstić information content (AvgIpc) is 3.69. The van der Waals surface area contributed by atoms with Crippen molar-refractivity contribution in [3.05, 3.63) is 46.7 Å². The zero-order valence-electron chi connectivity index (χ0n) is 25.9. The molecule has 2 aromatic carbocycles. The van der Waals surface area contributed by atoms with E-state index in [1.807, 2.05) is 25.8 Å². The predicted octanol–water partition coefficient (Wildman–Crippen LogP) is 5.93. The molecular formula is C32H34F2N6O4S. The van der Waals surface area contributed by atoms with Gasteiger partial charge in [0.25, 0.3) is 0 Å². The molecule has 1 fully saturated rings. The van der Waals surface area contributed by atoms with E-state index in [2.05, 4.69) is 26.3 Å². The normalized spacial score (nSPS) is 18.3. The highest BCUT2D eigenvalue weighted by molar-refractivity contribution is 7.23. The molecule has 0 unspecified atom stereocenters. The fraction of sp³-hybridized carbons (Fsp3) is 0.438. The highest BCUT2D eigenvalue weighted by atomic mass is 32.1. The van der Waals surface area contributed by atoms with Crippen LogP contribution in [0.1, 0.15) is 51.3 Å². The van der Waals surface area contributed by atoms with E-state index in [0.717, 1.165) is 11.3 Å². The topological polar surface area (TPSA) is 124 Å². The Bertz CT molecular complexity index is 1880. The number of aliphatic hydroxyl groups excluding tert-OH is 1. The summed E-state index contributed by atoms with van der Waals surface area (Å²) in [6.45, 7) is 10.1. The number of likely N-dealkylation sites (N-methyl/N-ethyl adjacent to an activating group) is 1. The molecule has 0 radical (unpaired) electrons. The minimum absolute atomic E-state index is 0.00253. The smallest absolute Gasteiger partial charge is 0.412 e. The molecule has 0 aliphatic carbocycles. The number of nitrogens with one attached hydrogen (secondary N) is 1. The SMILES string of the molecule is CC(C)N(C)[C@H]1CN(c2ncc3c4c(c(-c5c(F)ccc6sc(NC(=O)OC(C)(C)C)c(C#N)c56)c(F)c3n2)COC4)C[C@H]1O. The van der Waals surface area contributed by atoms with Crippen molar-refractivity contribution < 1.29 is 28.2 Å². The molecule has 2 aromatic heterocycles. The maximum absolute atomic E-state index is 16.9. The third kappa shape index (κ3) is 5.46. The second-order valence-electron chi connectivity index (χ2n) is 12.7. The number of nitrogens with zero attached hydrogens (tertiary/aromatic N) is 5. The Labute approximate surface area is 263 Å². The lowest BCUT2D eigenvalue weighted by molar-refractivity contribution is 0.0636. The van der Waals surface area contributed by atoms with Crippen LogP contribution < -0.4 is 10.2 Å². The number of aromatic nitrogens is 2. The van der Waals surface area contributed by atoms with Crippen molar-refractivity contribution in [2.75, 3.05) is 30.4 Å². The van der Waals surface area contributed by atoms with Crippen LogP contribution in [0.15, 0.2) is 18.3 Å². The third-order valence-electron chi connectivity index (χ3n) is 8.35. The number of hydrogen-bond donors (Lipinski definition) is 2. The molecule has 0 bridgehead atoms. The van der Waals surface area contributed by atoms with E-state index >= 15 is 8.78 Å². The molecule has 4 aromatic rings. The lowest BCUT2D eigenvalue weighted by atomic mass is 9.90. The molecule has 1 amide bonds. The molecule has 2 atom stereocenters. The van der Waals surface area contributed by atoms with Crippen LogP contribution in [0.3, 0.4) is 0 Å². The summed E-state index contributed by atoms with van der Waals surface area (Å²) in [7, 11) is 1.95. The Morgan fingerprint density at radius 1 is 1.24 bits per heavy atom. The number of β-amino-alcohol motifs (C(OH)–C–C–N with tert-alkyl or cyclic N) is 1. The zero-order chi connectivity index (χ0) is 32.4. The molecule has 0 spiro atoms. The number of fused-ring (bicyclic) bond motifs is 4. The van der Waals surface area contributed by atoms with Crippen molar-refractivity contribution in [1.29, 1.82) is 5.26 Å². The summed E-state index contributed by atoms with van der Waals surface area (Å²) >= 11 is 1.07. The summed E-state index contributed by atoms with van der Waals surface area (Å²) in [4.78, 5) is 25.6. The summed E-state index contributed by atoms with van der Waals surface area (Å²) in [5, 5.41) is 24.4. The number of carbonyl (C=O) groups excluding carboxylic acids is 1. The number of carbonyl (C=O) groups is 1. The summed E-state index contributed by atoms with van der Waals surface area (Å²) in [6, 6.07) is 4.85. The lowest BCUT2D eigenvalue weighted by Gasteiger charge is -2.29. The molecule has 2 aliphatic rings. The second-order valence-corrected chi connectivity index (χ2v) is 13.8. The molecule has 2 N–H and O–H groups in total. The van der Waals surface area contributed by atoms with Crippen LogP contribution in [-0.4, -0.2) is 70.0 Å². The maximum atomic E-state index is 16.9. The van der Waals surface area contributed by atoms with Crippen LogP contribution in [0.4, 0.5) is 24.5 Å². The monoisotopic (exact) mass is 636 g/mol. The number of aliphatic hydroxyl groups is 1. The third-order valence-corrected chi connectivity index (χ3v) is 9.42. The van der Waals surface area contributed by atoms with Gasteiger partial charge in [-0.1, -0.05) is 0 Å². The number of halogens is 2. The van der Waals surface area contributed by atoms with E-state index in [4.69, 9.17) is 9.47 Å². The van der Waals surface area contributed by atoms with Crippen LogP contribution in [0, 0.1) is 23.0 Å². The summed E-state index contributed by atoms with van der Waals surface area (Å²) in [5.74, 6) is -1.25. The van der Waals surface area contributed by atoms with E-state index in [0.29, 0.717) is 27.8 Å². The van der Waals surface area contributed by atoms with Crippen LogP contribution in [0.2, 0.25) is 0 Å². The molecule has 1 saturated heterocycles. The first kappa shape index (κ1) is 31.0. The Morgan fingerprint density at radius 3 is 2.67 bits per heavy atom. The van der Waals surface area contributed by atoms with Gasteiger partial charge in [-0.2, -0.15) is 5.26 Å². The Balaban J connectivity index is 1.51. The largest absolute Gasteiger partial charge is 0.444 e. The molecule has 4 heterocycles. The van der Waals surface area contributed by atoms with E-state index in [1.165, 1.54) is 12.1 Å². The summed E-state index contributed by atoms with van der Waals surface area (Å²) in [5.41, 5.74) is 0.162. The van der Waals surface area contributed by atoms with Crippen molar-refractivity contribution in [1.82, 2.24) is 14.9 Å². The van der Waals surface area contributed by atoms with Gasteiger partial charge in [0.05, 0.1) is 30.9 Å². The number of ether oxygens (including phenoxy) is 2. The first-order chi connectivity index (χ1) is 21.3. The van der Waals surface area contributed by atoms with E-state index in [1.54, 1.807) is 27.0 Å². The first-order valence-corrected chi connectivity index (χ1v) is 15.5. The molecule has 6 rings (SSSR count). The number of nitriles is 1. The maximum Gasteiger partial charge on any atom is 0.412 e. The standard InChI is InChI=1S/C32H34F2N6O4S/c1-15(2)39(6)21-11-40(12-22(21)41)30-36-10-17-18-13-43-14-19(18)25(27(34)28(17)37-30)26-20(33)7-8-23-24(26)16(9-35)29(45-23)38-31(42)44-32(3,4)5/h7-8,10,15,21-22,41H,11-14H2,1-6H3,(H,38,42)/t21-,22+/m0/s1. The summed E-state index contributed by atoms with van der Waals surface area (Å²) < 4.78 is 44.3. The van der Waals surface area contributed by atoms with E-state index < -0.39 is 29.4 Å². The van der Waals surface area contributed by atoms with Crippen LogP contribution in [0.5, 0.6) is 0 Å².